The van der Waals surface area contributed by atoms with E-state index in [0.717, 1.165) is 18.2 Å². The zero-order valence-electron chi connectivity index (χ0n) is 12.9. The van der Waals surface area contributed by atoms with Crippen LogP contribution in [0.4, 0.5) is 27.5 Å². The lowest BCUT2D eigenvalue weighted by Gasteiger charge is -2.11. The molecule has 4 N–H and O–H groups in total. The lowest BCUT2D eigenvalue weighted by atomic mass is 10.2. The van der Waals surface area contributed by atoms with E-state index in [9.17, 15) is 14.5 Å². The van der Waals surface area contributed by atoms with Crippen molar-refractivity contribution < 1.29 is 9.31 Å². The zero-order chi connectivity index (χ0) is 18.4. The molecular formula is C14H13BrFN7O2. The van der Waals surface area contributed by atoms with E-state index in [2.05, 4.69) is 41.5 Å². The van der Waals surface area contributed by atoms with Crippen molar-refractivity contribution in [3.63, 3.8) is 0 Å². The Bertz CT molecular complexity index is 857. The number of nitro groups is 1. The maximum atomic E-state index is 13.9. The summed E-state index contributed by atoms with van der Waals surface area (Å²) in [4.78, 5) is 22.3. The van der Waals surface area contributed by atoms with Gasteiger partial charge in [-0.3, -0.25) is 15.1 Å². The minimum Gasteiger partial charge on any atom is -0.403 e. The Labute approximate surface area is 150 Å². The molecule has 0 atom stereocenters. The van der Waals surface area contributed by atoms with Gasteiger partial charge in [-0.1, -0.05) is 0 Å². The minimum absolute atomic E-state index is 0.0933. The molecule has 0 radical (unpaired) electrons. The highest BCUT2D eigenvalue weighted by Gasteiger charge is 2.13. The van der Waals surface area contributed by atoms with Gasteiger partial charge in [0.2, 0.25) is 5.95 Å². The van der Waals surface area contributed by atoms with Crippen molar-refractivity contribution in [1.82, 2.24) is 9.97 Å². The first-order valence-corrected chi connectivity index (χ1v) is 7.58. The summed E-state index contributed by atoms with van der Waals surface area (Å²) in [5.41, 5.74) is 5.57. The Balaban J connectivity index is 2.32. The Hall–Kier alpha value is -3.08. The Morgan fingerprint density at radius 3 is 2.92 bits per heavy atom. The van der Waals surface area contributed by atoms with Crippen LogP contribution >= 0.6 is 15.9 Å². The largest absolute Gasteiger partial charge is 0.403 e. The van der Waals surface area contributed by atoms with Crippen molar-refractivity contribution in [2.24, 2.45) is 10.7 Å². The highest BCUT2D eigenvalue weighted by Crippen LogP contribution is 2.28. The molecule has 0 aliphatic rings. The van der Waals surface area contributed by atoms with Gasteiger partial charge in [0.1, 0.15) is 11.6 Å². The second-order valence-electron chi connectivity index (χ2n) is 4.57. The Kier molecular flexibility index (Phi) is 5.95. The van der Waals surface area contributed by atoms with Gasteiger partial charge in [-0.2, -0.15) is 4.98 Å². The maximum Gasteiger partial charge on any atom is 0.271 e. The van der Waals surface area contributed by atoms with E-state index in [1.165, 1.54) is 18.6 Å². The van der Waals surface area contributed by atoms with E-state index in [1.807, 2.05) is 0 Å². The average Bonchev–Trinajstić information content (AvgIpc) is 2.59. The third-order valence-electron chi connectivity index (χ3n) is 2.86. The number of anilines is 3. The second-order valence-corrected chi connectivity index (χ2v) is 5.43. The predicted molar refractivity (Wildman–Crippen MR) is 96.4 cm³/mol. The number of aliphatic imine (C=N–C) groups is 1. The maximum absolute atomic E-state index is 13.9. The second kappa shape index (κ2) is 8.15. The van der Waals surface area contributed by atoms with Crippen LogP contribution in [-0.2, 0) is 0 Å². The van der Waals surface area contributed by atoms with E-state index in [-0.39, 0.29) is 23.1 Å². The smallest absolute Gasteiger partial charge is 0.271 e. The van der Waals surface area contributed by atoms with Crippen molar-refractivity contribution in [2.75, 3.05) is 17.7 Å². The topological polar surface area (TPSA) is 131 Å². The molecule has 0 saturated heterocycles. The molecular weight excluding hydrogens is 397 g/mol. The number of allylic oxidation sites excluding steroid dienone is 1. The van der Waals surface area contributed by atoms with Crippen molar-refractivity contribution in [3.05, 3.63) is 56.7 Å². The molecule has 0 unspecified atom stereocenters. The zero-order valence-corrected chi connectivity index (χ0v) is 14.5. The van der Waals surface area contributed by atoms with E-state index in [4.69, 9.17) is 5.73 Å². The fraction of sp³-hybridized carbons (Fsp3) is 0.0714. The van der Waals surface area contributed by atoms with Gasteiger partial charge in [-0.25, -0.2) is 9.37 Å². The molecule has 1 heterocycles. The van der Waals surface area contributed by atoms with Crippen molar-refractivity contribution in [1.29, 1.82) is 0 Å². The summed E-state index contributed by atoms with van der Waals surface area (Å²) in [6, 6.07) is 3.15. The van der Waals surface area contributed by atoms with Crippen molar-refractivity contribution in [2.45, 2.75) is 0 Å². The van der Waals surface area contributed by atoms with Crippen LogP contribution in [0.2, 0.25) is 0 Å². The number of hydrogen-bond acceptors (Lipinski definition) is 8. The fourth-order valence-electron chi connectivity index (χ4n) is 1.75. The summed E-state index contributed by atoms with van der Waals surface area (Å²) in [6.07, 6.45) is 4.19. The molecule has 2 rings (SSSR count). The first-order valence-electron chi connectivity index (χ1n) is 6.79. The van der Waals surface area contributed by atoms with Gasteiger partial charge in [-0.15, -0.1) is 0 Å². The molecule has 130 valence electrons. The third-order valence-corrected chi connectivity index (χ3v) is 3.44. The molecule has 0 aliphatic heterocycles. The summed E-state index contributed by atoms with van der Waals surface area (Å²) < 4.78 is 14.4. The molecule has 0 amide bonds. The van der Waals surface area contributed by atoms with Gasteiger partial charge in [-0.05, 0) is 22.0 Å². The summed E-state index contributed by atoms with van der Waals surface area (Å²) in [5, 5.41) is 16.4. The van der Waals surface area contributed by atoms with Gasteiger partial charge >= 0.3 is 0 Å². The molecule has 0 fully saturated rings. The molecule has 11 heteroatoms. The van der Waals surface area contributed by atoms with Crippen LogP contribution in [-0.4, -0.2) is 28.2 Å². The van der Waals surface area contributed by atoms with Gasteiger partial charge in [0, 0.05) is 37.8 Å². The number of halogens is 2. The van der Waals surface area contributed by atoms with Gasteiger partial charge in [0.05, 0.1) is 20.8 Å². The molecule has 2 aromatic rings. The summed E-state index contributed by atoms with van der Waals surface area (Å²) >= 11 is 3.24. The van der Waals surface area contributed by atoms with Crippen molar-refractivity contribution >= 4 is 45.3 Å². The number of non-ortho nitro benzene ring substituents is 1. The van der Waals surface area contributed by atoms with Crippen LogP contribution in [0.3, 0.4) is 0 Å². The molecule has 1 aromatic carbocycles. The average molecular weight is 410 g/mol. The highest BCUT2D eigenvalue weighted by atomic mass is 79.9. The van der Waals surface area contributed by atoms with Crippen LogP contribution in [0.5, 0.6) is 0 Å². The molecule has 0 bridgehead atoms. The lowest BCUT2D eigenvalue weighted by molar-refractivity contribution is -0.384. The molecule has 9 nitrogen and oxygen atoms in total. The first kappa shape index (κ1) is 18.3. The Morgan fingerprint density at radius 1 is 1.52 bits per heavy atom. The van der Waals surface area contributed by atoms with E-state index in [1.54, 1.807) is 7.05 Å². The molecule has 25 heavy (non-hydrogen) atoms. The number of rotatable bonds is 6. The molecule has 1 aromatic heterocycles. The van der Waals surface area contributed by atoms with Crippen LogP contribution < -0.4 is 16.4 Å². The first-order chi connectivity index (χ1) is 11.9. The third kappa shape index (κ3) is 4.70. The van der Waals surface area contributed by atoms with Crippen LogP contribution in [0.15, 0.2) is 45.8 Å². The summed E-state index contributed by atoms with van der Waals surface area (Å²) in [5.74, 6) is -0.277. The number of aromatic nitrogens is 2. The molecule has 0 saturated carbocycles. The minimum atomic E-state index is -0.661. The number of nitro benzene ring substituents is 1. The van der Waals surface area contributed by atoms with E-state index in [0.29, 0.717) is 10.2 Å². The monoisotopic (exact) mass is 409 g/mol. The van der Waals surface area contributed by atoms with Gasteiger partial charge < -0.3 is 16.4 Å². The SMILES string of the molecule is CN=CC(=CN)Nc1ncc(Br)c(Nc2cc([N+](=O)[O-])ccc2F)n1. The standard InChI is InChI=1S/C14H13BrFN7O2/c1-18-6-8(5-17)20-14-19-7-10(15)13(22-14)21-12-4-9(23(24)25)2-3-11(12)16/h2-7H,17H2,1H3,(H2,19,20,21,22). The molecule has 0 aliphatic carbocycles. The van der Waals surface area contributed by atoms with E-state index >= 15 is 0 Å². The van der Waals surface area contributed by atoms with Crippen LogP contribution in [0, 0.1) is 15.9 Å². The molecule has 0 spiro atoms. The number of benzene rings is 1. The van der Waals surface area contributed by atoms with Gasteiger partial charge in [0.25, 0.3) is 5.69 Å². The number of hydrogen-bond donors (Lipinski definition) is 3. The van der Waals surface area contributed by atoms with Gasteiger partial charge in [0.15, 0.2) is 0 Å². The predicted octanol–water partition coefficient (Wildman–Crippen LogP) is 2.94. The number of nitrogens with one attached hydrogen (secondary N) is 2. The normalized spacial score (nSPS) is 11.6. The Morgan fingerprint density at radius 2 is 2.28 bits per heavy atom. The van der Waals surface area contributed by atoms with Crippen LogP contribution in [0.1, 0.15) is 0 Å². The fourth-order valence-corrected chi connectivity index (χ4v) is 2.04. The lowest BCUT2D eigenvalue weighted by Crippen LogP contribution is -2.08. The number of nitrogens with two attached hydrogens (primary N) is 1. The quantitative estimate of drug-likeness (QED) is 0.379. The summed E-state index contributed by atoms with van der Waals surface area (Å²) in [7, 11) is 1.58. The summed E-state index contributed by atoms with van der Waals surface area (Å²) in [6.45, 7) is 0. The van der Waals surface area contributed by atoms with Crippen LogP contribution in [0.25, 0.3) is 0 Å². The van der Waals surface area contributed by atoms with E-state index < -0.39 is 10.7 Å². The highest BCUT2D eigenvalue weighted by molar-refractivity contribution is 9.10. The number of nitrogens with zero attached hydrogens (tertiary/aromatic N) is 4. The van der Waals surface area contributed by atoms with Crippen molar-refractivity contribution in [3.8, 4) is 0 Å².